The maximum Gasteiger partial charge on any atom is 0.341 e. The van der Waals surface area contributed by atoms with Crippen LogP contribution in [0.2, 0.25) is 0 Å². The van der Waals surface area contributed by atoms with E-state index in [-0.39, 0.29) is 30.2 Å². The molecule has 3 aliphatic heterocycles. The molecule has 0 aliphatic carbocycles. The lowest BCUT2D eigenvalue weighted by Gasteiger charge is -2.29. The molecule has 40 heavy (non-hydrogen) atoms. The lowest BCUT2D eigenvalue weighted by atomic mass is 10.1. The van der Waals surface area contributed by atoms with E-state index in [4.69, 9.17) is 18.9 Å². The summed E-state index contributed by atoms with van der Waals surface area (Å²) in [5.74, 6) is 0.601. The van der Waals surface area contributed by atoms with E-state index < -0.39 is 28.3 Å². The third-order valence-electron chi connectivity index (χ3n) is 7.54. The van der Waals surface area contributed by atoms with E-state index in [1.54, 1.807) is 22.9 Å². The molecular weight excluding hydrogens is 536 g/mol. The van der Waals surface area contributed by atoms with Gasteiger partial charge in [0.2, 0.25) is 10.0 Å². The van der Waals surface area contributed by atoms with Crippen LogP contribution in [0.5, 0.6) is 11.8 Å². The molecule has 4 aromatic rings. The topological polar surface area (TPSA) is 130 Å². The number of hydrogen-bond acceptors (Lipinski definition) is 10. The fourth-order valence-corrected chi connectivity index (χ4v) is 6.79. The van der Waals surface area contributed by atoms with E-state index in [2.05, 4.69) is 25.1 Å². The largest absolute Gasteiger partial charge is 0.423 e. The number of morpholine rings is 1. The zero-order valence-electron chi connectivity index (χ0n) is 21.5. The minimum atomic E-state index is -3.80. The van der Waals surface area contributed by atoms with E-state index in [1.165, 1.54) is 0 Å². The van der Waals surface area contributed by atoms with E-state index in [1.807, 2.05) is 48.5 Å². The Balaban J connectivity index is 1.05. The number of benzene rings is 3. The highest BCUT2D eigenvalue weighted by molar-refractivity contribution is 7.89. The van der Waals surface area contributed by atoms with Gasteiger partial charge in [0.25, 0.3) is 0 Å². The molecule has 0 saturated carbocycles. The van der Waals surface area contributed by atoms with Crippen LogP contribution in [0.3, 0.4) is 0 Å². The second-order valence-corrected chi connectivity index (χ2v) is 11.7. The van der Waals surface area contributed by atoms with Gasteiger partial charge in [-0.3, -0.25) is 0 Å². The van der Waals surface area contributed by atoms with Gasteiger partial charge in [-0.1, -0.05) is 41.5 Å². The smallest absolute Gasteiger partial charge is 0.341 e. The molecule has 3 saturated heterocycles. The average molecular weight is 565 g/mol. The minimum absolute atomic E-state index is 0.165. The van der Waals surface area contributed by atoms with E-state index in [0.717, 1.165) is 29.5 Å². The molecular formula is C27H28N6O6S. The van der Waals surface area contributed by atoms with Crippen molar-refractivity contribution >= 4 is 26.5 Å². The van der Waals surface area contributed by atoms with Crippen LogP contribution in [0.1, 0.15) is 6.04 Å². The predicted octanol–water partition coefficient (Wildman–Crippen LogP) is 2.14. The molecule has 7 rings (SSSR count). The van der Waals surface area contributed by atoms with Crippen molar-refractivity contribution in [2.24, 2.45) is 0 Å². The van der Waals surface area contributed by atoms with E-state index in [0.29, 0.717) is 19.0 Å². The second kappa shape index (κ2) is 10.4. The van der Waals surface area contributed by atoms with Crippen molar-refractivity contribution in [3.8, 4) is 11.8 Å². The van der Waals surface area contributed by atoms with Crippen molar-refractivity contribution in [3.05, 3.63) is 66.7 Å². The Morgan fingerprint density at radius 3 is 2.60 bits per heavy atom. The summed E-state index contributed by atoms with van der Waals surface area (Å²) in [4.78, 5) is 2.43. The lowest BCUT2D eigenvalue weighted by molar-refractivity contribution is 0.0615. The Labute approximate surface area is 230 Å². The number of nitrogens with one attached hydrogen (secondary N) is 1. The second-order valence-electron chi connectivity index (χ2n) is 10.0. The van der Waals surface area contributed by atoms with Gasteiger partial charge in [-0.05, 0) is 45.5 Å². The molecule has 3 aliphatic rings. The van der Waals surface area contributed by atoms with Crippen molar-refractivity contribution in [2.75, 3.05) is 44.4 Å². The van der Waals surface area contributed by atoms with Gasteiger partial charge < -0.3 is 23.8 Å². The maximum absolute atomic E-state index is 13.2. The maximum atomic E-state index is 13.2. The molecule has 0 bridgehead atoms. The molecule has 13 heteroatoms. The van der Waals surface area contributed by atoms with Crippen LogP contribution in [0.25, 0.3) is 10.8 Å². The van der Waals surface area contributed by atoms with Crippen LogP contribution in [-0.2, 0) is 24.2 Å². The van der Waals surface area contributed by atoms with Crippen LogP contribution >= 0.6 is 0 Å². The third-order valence-corrected chi connectivity index (χ3v) is 9.03. The molecule has 0 radical (unpaired) electrons. The highest BCUT2D eigenvalue weighted by atomic mass is 32.2. The van der Waals surface area contributed by atoms with Crippen molar-refractivity contribution in [2.45, 2.75) is 29.2 Å². The SMILES string of the molecule is O=S(=O)(N[C@H]1CO[C@H]2[C@@H]1OC[C@@H]2n1nnnc1Oc1cccc(N2CCOCC2)c1)c1ccc2ccccc2c1. The summed E-state index contributed by atoms with van der Waals surface area (Å²) >= 11 is 0. The predicted molar refractivity (Wildman–Crippen MR) is 144 cm³/mol. The molecule has 3 aromatic carbocycles. The zero-order valence-corrected chi connectivity index (χ0v) is 22.3. The average Bonchev–Trinajstić information content (AvgIpc) is 3.71. The first-order valence-corrected chi connectivity index (χ1v) is 14.7. The highest BCUT2D eigenvalue weighted by Crippen LogP contribution is 2.37. The number of fused-ring (bicyclic) bond motifs is 2. The van der Waals surface area contributed by atoms with Crippen molar-refractivity contribution in [1.29, 1.82) is 0 Å². The normalized spacial score (nSPS) is 24.9. The highest BCUT2D eigenvalue weighted by Gasteiger charge is 2.51. The summed E-state index contributed by atoms with van der Waals surface area (Å²) in [6, 6.07) is 19.7. The number of ether oxygens (including phenoxy) is 4. The quantitative estimate of drug-likeness (QED) is 0.356. The standard InChI is InChI=1S/C27H28N6O6S/c34-40(35,22-9-8-18-4-1-2-5-19(18)14-22)29-23-16-37-26-24(17-38-25(23)26)33-27(28-30-31-33)39-21-7-3-6-20(15-21)32-10-12-36-13-11-32/h1-9,14-15,23-26,29H,10-13,16-17H2/t23-,24-,25+,26+/m0/s1. The van der Waals surface area contributed by atoms with Gasteiger partial charge in [-0.15, -0.1) is 0 Å². The fraction of sp³-hybridized carbons (Fsp3) is 0.370. The number of hydrogen-bond donors (Lipinski definition) is 1. The van der Waals surface area contributed by atoms with E-state index in [9.17, 15) is 8.42 Å². The summed E-state index contributed by atoms with van der Waals surface area (Å²) in [7, 11) is -3.80. The van der Waals surface area contributed by atoms with Gasteiger partial charge in [0.15, 0.2) is 0 Å². The van der Waals surface area contributed by atoms with Crippen LogP contribution in [0, 0.1) is 0 Å². The number of aromatic nitrogens is 4. The van der Waals surface area contributed by atoms with Gasteiger partial charge in [-0.25, -0.2) is 13.1 Å². The van der Waals surface area contributed by atoms with Gasteiger partial charge in [0.05, 0.1) is 37.4 Å². The molecule has 4 heterocycles. The first-order valence-electron chi connectivity index (χ1n) is 13.2. The summed E-state index contributed by atoms with van der Waals surface area (Å²) in [6.45, 7) is 3.41. The molecule has 1 aromatic heterocycles. The Morgan fingerprint density at radius 2 is 1.73 bits per heavy atom. The van der Waals surface area contributed by atoms with Gasteiger partial charge in [-0.2, -0.15) is 4.68 Å². The van der Waals surface area contributed by atoms with Crippen LogP contribution in [-0.4, -0.2) is 86.4 Å². The molecule has 4 atom stereocenters. The third kappa shape index (κ3) is 4.80. The molecule has 3 fully saturated rings. The van der Waals surface area contributed by atoms with Gasteiger partial charge in [0, 0.05) is 24.8 Å². The van der Waals surface area contributed by atoms with Crippen LogP contribution in [0.4, 0.5) is 5.69 Å². The van der Waals surface area contributed by atoms with Crippen LogP contribution < -0.4 is 14.4 Å². The van der Waals surface area contributed by atoms with E-state index >= 15 is 0 Å². The summed E-state index contributed by atoms with van der Waals surface area (Å²) in [5, 5.41) is 13.9. The van der Waals surface area contributed by atoms with Crippen LogP contribution in [0.15, 0.2) is 71.6 Å². The molecule has 0 amide bonds. The summed E-state index contributed by atoms with van der Waals surface area (Å²) in [6.07, 6.45) is -0.947. The van der Waals surface area contributed by atoms with Gasteiger partial charge in [0.1, 0.15) is 24.0 Å². The van der Waals surface area contributed by atoms with Gasteiger partial charge >= 0.3 is 6.01 Å². The first-order chi connectivity index (χ1) is 19.5. The molecule has 1 N–H and O–H groups in total. The Kier molecular flexibility index (Phi) is 6.60. The number of tetrazole rings is 1. The van der Waals surface area contributed by atoms with Crippen molar-refractivity contribution < 1.29 is 27.4 Å². The summed E-state index contributed by atoms with van der Waals surface area (Å²) in [5.41, 5.74) is 1.03. The lowest BCUT2D eigenvalue weighted by Crippen LogP contribution is -2.44. The van der Waals surface area contributed by atoms with Crippen molar-refractivity contribution in [1.82, 2.24) is 24.9 Å². The Hall–Kier alpha value is -3.62. The number of anilines is 1. The Bertz CT molecular complexity index is 1620. The first kappa shape index (κ1) is 25.4. The molecule has 0 unspecified atom stereocenters. The molecule has 0 spiro atoms. The summed E-state index contributed by atoms with van der Waals surface area (Å²) < 4.78 is 54.4. The number of sulfonamides is 1. The minimum Gasteiger partial charge on any atom is -0.423 e. The Morgan fingerprint density at radius 1 is 0.900 bits per heavy atom. The molecule has 208 valence electrons. The zero-order chi connectivity index (χ0) is 27.1. The fourth-order valence-electron chi connectivity index (χ4n) is 5.52. The van der Waals surface area contributed by atoms with Crippen molar-refractivity contribution in [3.63, 3.8) is 0 Å². The number of nitrogens with zero attached hydrogens (tertiary/aromatic N) is 5. The number of rotatable bonds is 7. The monoisotopic (exact) mass is 564 g/mol. The molecule has 12 nitrogen and oxygen atoms in total.